The lowest BCUT2D eigenvalue weighted by molar-refractivity contribution is 0.102. The van der Waals surface area contributed by atoms with E-state index in [0.29, 0.717) is 11.3 Å². The molecule has 0 aliphatic heterocycles. The highest BCUT2D eigenvalue weighted by Crippen LogP contribution is 2.05. The van der Waals surface area contributed by atoms with Crippen molar-refractivity contribution in [2.45, 2.75) is 0 Å². The van der Waals surface area contributed by atoms with Crippen LogP contribution < -0.4 is 5.32 Å². The minimum absolute atomic E-state index is 0.222. The van der Waals surface area contributed by atoms with Gasteiger partial charge in [-0.3, -0.25) is 4.79 Å². The zero-order valence-electron chi connectivity index (χ0n) is 7.74. The maximum absolute atomic E-state index is 11.5. The van der Waals surface area contributed by atoms with E-state index >= 15 is 0 Å². The number of ketones is 1. The van der Waals surface area contributed by atoms with Gasteiger partial charge in [-0.15, -0.1) is 0 Å². The van der Waals surface area contributed by atoms with Crippen molar-refractivity contribution >= 4 is 5.78 Å². The number of pyridine rings is 1. The number of hydrogen-bond acceptors (Lipinski definition) is 4. The number of carbonyl (C=O) groups is 1. The zero-order valence-corrected chi connectivity index (χ0v) is 7.74. The molecule has 0 bridgehead atoms. The number of aromatic nitrogens is 1. The third-order valence-electron chi connectivity index (χ3n) is 1.71. The van der Waals surface area contributed by atoms with Gasteiger partial charge in [0.1, 0.15) is 11.8 Å². The first kappa shape index (κ1) is 9.93. The molecule has 14 heavy (non-hydrogen) atoms. The Kier molecular flexibility index (Phi) is 2.97. The average Bonchev–Trinajstić information content (AvgIpc) is 2.27. The van der Waals surface area contributed by atoms with E-state index < -0.39 is 0 Å². The van der Waals surface area contributed by atoms with Crippen molar-refractivity contribution in [3.05, 3.63) is 41.9 Å². The van der Waals surface area contributed by atoms with Crippen LogP contribution in [0.4, 0.5) is 0 Å². The van der Waals surface area contributed by atoms with Crippen LogP contribution in [0, 0.1) is 11.3 Å². The highest BCUT2D eigenvalue weighted by Gasteiger charge is 2.09. The van der Waals surface area contributed by atoms with Crippen LogP contribution in [0.25, 0.3) is 0 Å². The molecule has 1 N–H and O–H groups in total. The van der Waals surface area contributed by atoms with E-state index in [4.69, 9.17) is 5.26 Å². The summed E-state index contributed by atoms with van der Waals surface area (Å²) in [6, 6.07) is 4.85. The summed E-state index contributed by atoms with van der Waals surface area (Å²) in [7, 11) is 1.62. The van der Waals surface area contributed by atoms with Gasteiger partial charge in [-0.1, -0.05) is 6.58 Å². The monoisotopic (exact) mass is 187 g/mol. The Labute approximate surface area is 81.9 Å². The molecule has 1 aromatic heterocycles. The minimum atomic E-state index is -0.230. The number of likely N-dealkylation sites (N-methyl/N-ethyl adjacent to an activating group) is 1. The van der Waals surface area contributed by atoms with Crippen molar-refractivity contribution in [3.63, 3.8) is 0 Å². The van der Waals surface area contributed by atoms with Crippen molar-refractivity contribution in [2.75, 3.05) is 7.05 Å². The minimum Gasteiger partial charge on any atom is -0.385 e. The molecule has 0 aliphatic carbocycles. The van der Waals surface area contributed by atoms with Crippen LogP contribution in [0.1, 0.15) is 16.1 Å². The third-order valence-corrected chi connectivity index (χ3v) is 1.71. The lowest BCUT2D eigenvalue weighted by Gasteiger charge is -2.02. The van der Waals surface area contributed by atoms with Gasteiger partial charge < -0.3 is 5.32 Å². The quantitative estimate of drug-likeness (QED) is 0.563. The fraction of sp³-hybridized carbons (Fsp3) is 0.100. The van der Waals surface area contributed by atoms with Crippen molar-refractivity contribution < 1.29 is 4.79 Å². The summed E-state index contributed by atoms with van der Waals surface area (Å²) in [5.41, 5.74) is 0.927. The molecule has 4 heteroatoms. The summed E-state index contributed by atoms with van der Waals surface area (Å²) in [4.78, 5) is 15.3. The lowest BCUT2D eigenvalue weighted by Crippen LogP contribution is -2.15. The molecule has 0 aliphatic rings. The molecule has 0 radical (unpaired) electrons. The van der Waals surface area contributed by atoms with E-state index in [2.05, 4.69) is 16.9 Å². The summed E-state index contributed by atoms with van der Waals surface area (Å²) in [6.07, 6.45) is 1.43. The van der Waals surface area contributed by atoms with Crippen LogP contribution in [-0.4, -0.2) is 17.8 Å². The van der Waals surface area contributed by atoms with Crippen LogP contribution in [0.3, 0.4) is 0 Å². The predicted octanol–water partition coefficient (Wildman–Crippen LogP) is 0.869. The van der Waals surface area contributed by atoms with Crippen LogP contribution in [0.5, 0.6) is 0 Å². The SMILES string of the molecule is C=C(NC)C(=O)c1ccnc(C#N)c1. The molecule has 1 rings (SSSR count). The Morgan fingerprint density at radius 3 is 3.00 bits per heavy atom. The first-order valence-corrected chi connectivity index (χ1v) is 3.96. The van der Waals surface area contributed by atoms with Crippen molar-refractivity contribution in [1.29, 1.82) is 5.26 Å². The van der Waals surface area contributed by atoms with Crippen LogP contribution in [0.2, 0.25) is 0 Å². The first-order chi connectivity index (χ1) is 6.69. The molecule has 1 heterocycles. The second kappa shape index (κ2) is 4.19. The average molecular weight is 187 g/mol. The fourth-order valence-corrected chi connectivity index (χ4v) is 0.921. The van der Waals surface area contributed by atoms with Crippen molar-refractivity contribution in [1.82, 2.24) is 10.3 Å². The van der Waals surface area contributed by atoms with E-state index in [0.717, 1.165) is 0 Å². The Morgan fingerprint density at radius 1 is 1.71 bits per heavy atom. The summed E-state index contributed by atoms with van der Waals surface area (Å²) in [5.74, 6) is -0.230. The van der Waals surface area contributed by atoms with Crippen molar-refractivity contribution in [3.8, 4) is 6.07 Å². The molecule has 0 fully saturated rings. The van der Waals surface area contributed by atoms with Gasteiger partial charge in [0.25, 0.3) is 0 Å². The highest BCUT2D eigenvalue weighted by molar-refractivity contribution is 6.07. The van der Waals surface area contributed by atoms with Crippen LogP contribution in [-0.2, 0) is 0 Å². The molecule has 1 aromatic rings. The second-order valence-electron chi connectivity index (χ2n) is 2.60. The fourth-order valence-electron chi connectivity index (χ4n) is 0.921. The smallest absolute Gasteiger partial charge is 0.208 e. The third kappa shape index (κ3) is 1.96. The molecule has 0 spiro atoms. The molecule has 0 atom stereocenters. The molecule has 0 aromatic carbocycles. The van der Waals surface area contributed by atoms with Crippen LogP contribution in [0.15, 0.2) is 30.6 Å². The van der Waals surface area contributed by atoms with Crippen molar-refractivity contribution in [2.24, 2.45) is 0 Å². The number of nitrogens with one attached hydrogen (secondary N) is 1. The number of carbonyl (C=O) groups excluding carboxylic acids is 1. The van der Waals surface area contributed by atoms with E-state index in [1.165, 1.54) is 12.3 Å². The van der Waals surface area contributed by atoms with Gasteiger partial charge in [0.05, 0.1) is 5.70 Å². The standard InChI is InChI=1S/C10H9N3O/c1-7(12-2)10(14)8-3-4-13-9(5-8)6-11/h3-5,12H,1H2,2H3. The van der Waals surface area contributed by atoms with Gasteiger partial charge >= 0.3 is 0 Å². The van der Waals surface area contributed by atoms with E-state index in [1.54, 1.807) is 13.1 Å². The van der Waals surface area contributed by atoms with Gasteiger partial charge in [-0.05, 0) is 12.1 Å². The molecule has 4 nitrogen and oxygen atoms in total. The first-order valence-electron chi connectivity index (χ1n) is 3.96. The molecule has 0 saturated carbocycles. The predicted molar refractivity (Wildman–Crippen MR) is 51.5 cm³/mol. The summed E-state index contributed by atoms with van der Waals surface area (Å²) in [6.45, 7) is 3.54. The number of nitriles is 1. The topological polar surface area (TPSA) is 65.8 Å². The van der Waals surface area contributed by atoms with E-state index in [-0.39, 0.29) is 11.5 Å². The number of Topliss-reactive ketones (excluding diaryl/α,β-unsaturated/α-hetero) is 1. The van der Waals surface area contributed by atoms with Crippen LogP contribution >= 0.6 is 0 Å². The lowest BCUT2D eigenvalue weighted by atomic mass is 10.1. The maximum atomic E-state index is 11.5. The summed E-state index contributed by atoms with van der Waals surface area (Å²) >= 11 is 0. The Hall–Kier alpha value is -2.15. The molecular formula is C10H9N3O. The number of nitrogens with zero attached hydrogens (tertiary/aromatic N) is 2. The van der Waals surface area contributed by atoms with Gasteiger partial charge in [0.2, 0.25) is 5.78 Å². The Bertz CT molecular complexity index is 418. The Balaban J connectivity index is 3.03. The van der Waals surface area contributed by atoms with Gasteiger partial charge in [0.15, 0.2) is 0 Å². The van der Waals surface area contributed by atoms with E-state index in [9.17, 15) is 4.79 Å². The normalized spacial score (nSPS) is 8.86. The van der Waals surface area contributed by atoms with Gasteiger partial charge in [-0.2, -0.15) is 5.26 Å². The zero-order chi connectivity index (χ0) is 10.6. The molecule has 0 amide bonds. The van der Waals surface area contributed by atoms with E-state index in [1.807, 2.05) is 6.07 Å². The summed E-state index contributed by atoms with van der Waals surface area (Å²) in [5, 5.41) is 11.2. The number of hydrogen-bond donors (Lipinski definition) is 1. The van der Waals surface area contributed by atoms with Gasteiger partial charge in [-0.25, -0.2) is 4.98 Å². The molecule has 70 valence electrons. The van der Waals surface area contributed by atoms with Gasteiger partial charge in [0, 0.05) is 18.8 Å². The largest absolute Gasteiger partial charge is 0.385 e. The summed E-state index contributed by atoms with van der Waals surface area (Å²) < 4.78 is 0. The maximum Gasteiger partial charge on any atom is 0.208 e. The Morgan fingerprint density at radius 2 is 2.43 bits per heavy atom. The molecule has 0 unspecified atom stereocenters. The second-order valence-corrected chi connectivity index (χ2v) is 2.60. The molecule has 0 saturated heterocycles. The number of rotatable bonds is 3. The number of allylic oxidation sites excluding steroid dienone is 1. The molecular weight excluding hydrogens is 178 g/mol. The highest BCUT2D eigenvalue weighted by atomic mass is 16.1.